The van der Waals surface area contributed by atoms with Gasteiger partial charge in [-0.2, -0.15) is 0 Å². The van der Waals surface area contributed by atoms with E-state index >= 15 is 0 Å². The summed E-state index contributed by atoms with van der Waals surface area (Å²) in [6.45, 7) is 0. The van der Waals surface area contributed by atoms with Crippen LogP contribution in [0, 0.1) is 0 Å². The van der Waals surface area contributed by atoms with E-state index in [-0.39, 0.29) is 16.1 Å². The lowest BCUT2D eigenvalue weighted by atomic mass is 9.91. The SMILES string of the molecule is ClC1Cc2ccccc2C(Cl)C1Cl. The van der Waals surface area contributed by atoms with Crippen LogP contribution in [0.5, 0.6) is 0 Å². The summed E-state index contributed by atoms with van der Waals surface area (Å²) in [5.74, 6) is 0. The summed E-state index contributed by atoms with van der Waals surface area (Å²) in [4.78, 5) is 0. The molecule has 0 radical (unpaired) electrons. The fourth-order valence-electron chi connectivity index (χ4n) is 1.67. The van der Waals surface area contributed by atoms with Crippen molar-refractivity contribution in [2.45, 2.75) is 22.6 Å². The predicted molar refractivity (Wildman–Crippen MR) is 58.0 cm³/mol. The molecule has 0 saturated heterocycles. The van der Waals surface area contributed by atoms with Gasteiger partial charge in [0.05, 0.1) is 16.1 Å². The molecule has 0 aliphatic heterocycles. The molecule has 0 bridgehead atoms. The zero-order chi connectivity index (χ0) is 9.42. The number of hydrogen-bond acceptors (Lipinski definition) is 0. The Labute approximate surface area is 92.8 Å². The van der Waals surface area contributed by atoms with Crippen LogP contribution in [0.2, 0.25) is 0 Å². The molecule has 1 aliphatic carbocycles. The van der Waals surface area contributed by atoms with Crippen molar-refractivity contribution in [3.8, 4) is 0 Å². The first kappa shape index (κ1) is 9.64. The Kier molecular flexibility index (Phi) is 2.73. The van der Waals surface area contributed by atoms with Crippen LogP contribution in [0.1, 0.15) is 16.5 Å². The molecular formula is C10H9Cl3. The van der Waals surface area contributed by atoms with Gasteiger partial charge in [0.1, 0.15) is 0 Å². The minimum absolute atomic E-state index is 0.0564. The topological polar surface area (TPSA) is 0 Å². The van der Waals surface area contributed by atoms with Gasteiger partial charge in [-0.25, -0.2) is 0 Å². The number of alkyl halides is 3. The highest BCUT2D eigenvalue weighted by atomic mass is 35.5. The summed E-state index contributed by atoms with van der Waals surface area (Å²) in [6, 6.07) is 8.06. The van der Waals surface area contributed by atoms with E-state index in [1.807, 2.05) is 18.2 Å². The van der Waals surface area contributed by atoms with Gasteiger partial charge in [-0.3, -0.25) is 0 Å². The Morgan fingerprint density at radius 1 is 1.08 bits per heavy atom. The third kappa shape index (κ3) is 1.68. The van der Waals surface area contributed by atoms with E-state index in [9.17, 15) is 0 Å². The summed E-state index contributed by atoms with van der Waals surface area (Å²) in [5, 5.41) is -0.383. The zero-order valence-electron chi connectivity index (χ0n) is 6.88. The maximum atomic E-state index is 6.18. The van der Waals surface area contributed by atoms with Crippen LogP contribution in [-0.4, -0.2) is 10.8 Å². The third-order valence-corrected chi connectivity index (χ3v) is 4.14. The van der Waals surface area contributed by atoms with Crippen molar-refractivity contribution in [2.24, 2.45) is 0 Å². The van der Waals surface area contributed by atoms with Crippen LogP contribution in [0.25, 0.3) is 0 Å². The van der Waals surface area contributed by atoms with Gasteiger partial charge in [0.2, 0.25) is 0 Å². The first-order valence-electron chi connectivity index (χ1n) is 4.20. The van der Waals surface area contributed by atoms with Crippen molar-refractivity contribution in [3.63, 3.8) is 0 Å². The van der Waals surface area contributed by atoms with Gasteiger partial charge in [-0.1, -0.05) is 24.3 Å². The van der Waals surface area contributed by atoms with Crippen LogP contribution in [0.3, 0.4) is 0 Å². The van der Waals surface area contributed by atoms with Gasteiger partial charge in [0, 0.05) is 0 Å². The van der Waals surface area contributed by atoms with Gasteiger partial charge in [0.25, 0.3) is 0 Å². The number of halogens is 3. The highest BCUT2D eigenvalue weighted by Crippen LogP contribution is 2.39. The molecule has 0 saturated carbocycles. The molecule has 0 N–H and O–H groups in total. The van der Waals surface area contributed by atoms with Crippen LogP contribution >= 0.6 is 34.8 Å². The Morgan fingerprint density at radius 3 is 2.54 bits per heavy atom. The molecule has 13 heavy (non-hydrogen) atoms. The number of rotatable bonds is 0. The monoisotopic (exact) mass is 234 g/mol. The number of benzene rings is 1. The maximum Gasteiger partial charge on any atom is 0.0766 e. The highest BCUT2D eigenvalue weighted by molar-refractivity contribution is 6.35. The van der Waals surface area contributed by atoms with Crippen molar-refractivity contribution >= 4 is 34.8 Å². The Bertz CT molecular complexity index is 311. The van der Waals surface area contributed by atoms with E-state index < -0.39 is 0 Å². The fraction of sp³-hybridized carbons (Fsp3) is 0.400. The van der Waals surface area contributed by atoms with Crippen molar-refractivity contribution < 1.29 is 0 Å². The fourth-order valence-corrected chi connectivity index (χ4v) is 2.67. The molecule has 1 aromatic carbocycles. The second-order valence-corrected chi connectivity index (χ2v) is 4.80. The second-order valence-electron chi connectivity index (χ2n) is 3.27. The molecule has 1 aliphatic rings. The van der Waals surface area contributed by atoms with Crippen molar-refractivity contribution in [3.05, 3.63) is 35.4 Å². The molecule has 0 fully saturated rings. The minimum atomic E-state index is -0.168. The third-order valence-electron chi connectivity index (χ3n) is 2.39. The largest absolute Gasteiger partial charge is 0.121 e. The molecule has 3 atom stereocenters. The Hall–Kier alpha value is 0.0900. The van der Waals surface area contributed by atoms with Gasteiger partial charge < -0.3 is 0 Å². The highest BCUT2D eigenvalue weighted by Gasteiger charge is 2.32. The average molecular weight is 236 g/mol. The van der Waals surface area contributed by atoms with Gasteiger partial charge >= 0.3 is 0 Å². The normalized spacial score (nSPS) is 32.7. The van der Waals surface area contributed by atoms with E-state index in [0.29, 0.717) is 0 Å². The molecule has 3 heteroatoms. The second kappa shape index (κ2) is 3.68. The summed E-state index contributed by atoms with van der Waals surface area (Å²) < 4.78 is 0. The summed E-state index contributed by atoms with van der Waals surface area (Å²) in [6.07, 6.45) is 0.815. The smallest absolute Gasteiger partial charge is 0.0766 e. The van der Waals surface area contributed by atoms with Crippen LogP contribution < -0.4 is 0 Å². The molecule has 0 nitrogen and oxygen atoms in total. The number of hydrogen-bond donors (Lipinski definition) is 0. The van der Waals surface area contributed by atoms with E-state index in [0.717, 1.165) is 12.0 Å². The summed E-state index contributed by atoms with van der Waals surface area (Å²) in [5.41, 5.74) is 2.35. The average Bonchev–Trinajstić information content (AvgIpc) is 2.15. The summed E-state index contributed by atoms with van der Waals surface area (Å²) in [7, 11) is 0. The molecular weight excluding hydrogens is 226 g/mol. The molecule has 0 heterocycles. The molecule has 3 unspecified atom stereocenters. The van der Waals surface area contributed by atoms with E-state index in [4.69, 9.17) is 34.8 Å². The molecule has 0 amide bonds. The van der Waals surface area contributed by atoms with Crippen molar-refractivity contribution in [1.29, 1.82) is 0 Å². The van der Waals surface area contributed by atoms with Gasteiger partial charge in [-0.05, 0) is 17.5 Å². The lowest BCUT2D eigenvalue weighted by Crippen LogP contribution is -2.28. The minimum Gasteiger partial charge on any atom is -0.121 e. The Balaban J connectivity index is 2.43. The summed E-state index contributed by atoms with van der Waals surface area (Å²) >= 11 is 18.3. The molecule has 0 aromatic heterocycles. The van der Waals surface area contributed by atoms with E-state index in [1.165, 1.54) is 5.56 Å². The van der Waals surface area contributed by atoms with Gasteiger partial charge in [0.15, 0.2) is 0 Å². The van der Waals surface area contributed by atoms with Crippen LogP contribution in [-0.2, 0) is 6.42 Å². The molecule has 2 rings (SSSR count). The van der Waals surface area contributed by atoms with E-state index in [1.54, 1.807) is 0 Å². The van der Waals surface area contributed by atoms with Crippen LogP contribution in [0.15, 0.2) is 24.3 Å². The lowest BCUT2D eigenvalue weighted by molar-refractivity contribution is 0.685. The molecule has 70 valence electrons. The quantitative estimate of drug-likeness (QED) is 0.601. The molecule has 0 spiro atoms. The van der Waals surface area contributed by atoms with Crippen molar-refractivity contribution in [2.75, 3.05) is 0 Å². The standard InChI is InChI=1S/C10H9Cl3/c11-8-5-6-3-1-2-4-7(6)9(12)10(8)13/h1-4,8-10H,5H2. The Morgan fingerprint density at radius 2 is 1.77 bits per heavy atom. The first-order valence-corrected chi connectivity index (χ1v) is 5.51. The molecule has 1 aromatic rings. The van der Waals surface area contributed by atoms with E-state index in [2.05, 4.69) is 6.07 Å². The zero-order valence-corrected chi connectivity index (χ0v) is 9.15. The lowest BCUT2D eigenvalue weighted by Gasteiger charge is -2.29. The van der Waals surface area contributed by atoms with Crippen LogP contribution in [0.4, 0.5) is 0 Å². The van der Waals surface area contributed by atoms with Crippen molar-refractivity contribution in [1.82, 2.24) is 0 Å². The predicted octanol–water partition coefficient (Wildman–Crippen LogP) is 3.74. The number of fused-ring (bicyclic) bond motifs is 1. The van der Waals surface area contributed by atoms with Gasteiger partial charge in [-0.15, -0.1) is 34.8 Å². The maximum absolute atomic E-state index is 6.18. The first-order chi connectivity index (χ1) is 6.20.